The van der Waals surface area contributed by atoms with Gasteiger partial charge in [0, 0.05) is 31.9 Å². The summed E-state index contributed by atoms with van der Waals surface area (Å²) in [4.78, 5) is 21.3. The standard InChI is InChI=1S/C23H23N7O3/c1-13-7-5-10-19(26-13)28-20-11-18(16(12-25-20)22(31)24-3)27-17-9-6-8-15(21(17)32-4)23-30-29-14(2)33-23/h5-12H,1-4H3,(H,24,31)(H2,25,26,27,28). The van der Waals surface area contributed by atoms with E-state index in [9.17, 15) is 4.79 Å². The molecule has 10 nitrogen and oxygen atoms in total. The van der Waals surface area contributed by atoms with Crippen LogP contribution in [0.25, 0.3) is 11.5 Å². The second-order valence-electron chi connectivity index (χ2n) is 7.12. The topological polar surface area (TPSA) is 127 Å². The summed E-state index contributed by atoms with van der Waals surface area (Å²) in [5, 5.41) is 17.1. The molecule has 0 aliphatic rings. The number of ether oxygens (including phenoxy) is 1. The number of anilines is 4. The molecule has 0 spiro atoms. The lowest BCUT2D eigenvalue weighted by atomic mass is 10.1. The van der Waals surface area contributed by atoms with Gasteiger partial charge in [0.1, 0.15) is 11.6 Å². The summed E-state index contributed by atoms with van der Waals surface area (Å²) in [6.07, 6.45) is 1.50. The summed E-state index contributed by atoms with van der Waals surface area (Å²) in [6, 6.07) is 12.9. The highest BCUT2D eigenvalue weighted by atomic mass is 16.5. The smallest absolute Gasteiger partial charge is 0.254 e. The number of hydrogen-bond donors (Lipinski definition) is 3. The molecule has 4 aromatic rings. The molecule has 0 atom stereocenters. The van der Waals surface area contributed by atoms with Gasteiger partial charge in [-0.2, -0.15) is 0 Å². The van der Waals surface area contributed by atoms with Crippen molar-refractivity contribution in [3.8, 4) is 17.2 Å². The maximum Gasteiger partial charge on any atom is 0.254 e. The monoisotopic (exact) mass is 445 g/mol. The van der Waals surface area contributed by atoms with Crippen LogP contribution in [0.5, 0.6) is 5.75 Å². The van der Waals surface area contributed by atoms with Crippen LogP contribution in [0.1, 0.15) is 21.9 Å². The molecule has 4 rings (SSSR count). The van der Waals surface area contributed by atoms with E-state index in [1.54, 1.807) is 27.1 Å². The Morgan fingerprint density at radius 2 is 1.82 bits per heavy atom. The number of methoxy groups -OCH3 is 1. The number of nitrogens with one attached hydrogen (secondary N) is 3. The van der Waals surface area contributed by atoms with Crippen LogP contribution in [0.4, 0.5) is 23.0 Å². The molecule has 33 heavy (non-hydrogen) atoms. The van der Waals surface area contributed by atoms with E-state index in [-0.39, 0.29) is 5.91 Å². The minimum Gasteiger partial charge on any atom is -0.494 e. The molecule has 0 saturated carbocycles. The van der Waals surface area contributed by atoms with Crippen molar-refractivity contribution in [1.29, 1.82) is 0 Å². The zero-order chi connectivity index (χ0) is 23.4. The Morgan fingerprint density at radius 3 is 2.52 bits per heavy atom. The number of rotatable bonds is 7. The van der Waals surface area contributed by atoms with Crippen LogP contribution in [0.15, 0.2) is 53.1 Å². The SMILES string of the molecule is CNC(=O)c1cnc(Nc2cccc(C)n2)cc1Nc1cccc(-c2nnc(C)o2)c1OC. The third kappa shape index (κ3) is 4.74. The van der Waals surface area contributed by atoms with Crippen molar-refractivity contribution in [3.05, 3.63) is 65.8 Å². The lowest BCUT2D eigenvalue weighted by molar-refractivity contribution is 0.0963. The van der Waals surface area contributed by atoms with Crippen molar-refractivity contribution in [1.82, 2.24) is 25.5 Å². The first-order valence-corrected chi connectivity index (χ1v) is 10.2. The van der Waals surface area contributed by atoms with E-state index in [1.807, 2.05) is 43.3 Å². The van der Waals surface area contributed by atoms with Gasteiger partial charge in [-0.05, 0) is 31.2 Å². The molecule has 3 aromatic heterocycles. The molecule has 0 fully saturated rings. The number of carbonyl (C=O) groups excluding carboxylic acids is 1. The van der Waals surface area contributed by atoms with E-state index in [4.69, 9.17) is 9.15 Å². The first-order valence-electron chi connectivity index (χ1n) is 10.2. The van der Waals surface area contributed by atoms with Gasteiger partial charge in [-0.3, -0.25) is 4.79 Å². The quantitative estimate of drug-likeness (QED) is 0.387. The number of amides is 1. The van der Waals surface area contributed by atoms with Gasteiger partial charge >= 0.3 is 0 Å². The van der Waals surface area contributed by atoms with Crippen LogP contribution in [-0.4, -0.2) is 40.2 Å². The number of pyridine rings is 2. The summed E-state index contributed by atoms with van der Waals surface area (Å²) < 4.78 is 11.2. The third-order valence-electron chi connectivity index (χ3n) is 4.77. The summed E-state index contributed by atoms with van der Waals surface area (Å²) in [5.41, 5.74) is 3.00. The maximum absolute atomic E-state index is 12.5. The number of benzene rings is 1. The number of hydrogen-bond acceptors (Lipinski definition) is 9. The van der Waals surface area contributed by atoms with Gasteiger partial charge in [0.25, 0.3) is 11.8 Å². The largest absolute Gasteiger partial charge is 0.494 e. The van der Waals surface area contributed by atoms with Crippen LogP contribution >= 0.6 is 0 Å². The molecule has 0 aliphatic carbocycles. The molecule has 0 bridgehead atoms. The van der Waals surface area contributed by atoms with Crippen molar-refractivity contribution in [2.75, 3.05) is 24.8 Å². The minimum atomic E-state index is -0.284. The second kappa shape index (κ2) is 9.35. The summed E-state index contributed by atoms with van der Waals surface area (Å²) in [7, 11) is 3.11. The highest BCUT2D eigenvalue weighted by Gasteiger charge is 2.18. The Bertz CT molecular complexity index is 1300. The van der Waals surface area contributed by atoms with E-state index < -0.39 is 0 Å². The van der Waals surface area contributed by atoms with Crippen LogP contribution in [-0.2, 0) is 0 Å². The summed E-state index contributed by atoms with van der Waals surface area (Å²) >= 11 is 0. The van der Waals surface area contributed by atoms with Crippen molar-refractivity contribution >= 4 is 28.9 Å². The summed E-state index contributed by atoms with van der Waals surface area (Å²) in [6.45, 7) is 3.62. The number of carbonyl (C=O) groups is 1. The number of aryl methyl sites for hydroxylation is 2. The lowest BCUT2D eigenvalue weighted by Crippen LogP contribution is -2.19. The third-order valence-corrected chi connectivity index (χ3v) is 4.77. The maximum atomic E-state index is 12.5. The van der Waals surface area contributed by atoms with E-state index in [2.05, 4.69) is 36.1 Å². The van der Waals surface area contributed by atoms with Crippen molar-refractivity contribution in [3.63, 3.8) is 0 Å². The molecule has 3 N–H and O–H groups in total. The average molecular weight is 445 g/mol. The molecule has 0 aliphatic heterocycles. The Labute approximate surface area is 190 Å². The molecule has 3 heterocycles. The Hall–Kier alpha value is -4.47. The molecule has 10 heteroatoms. The molecule has 1 amide bonds. The molecular weight excluding hydrogens is 422 g/mol. The van der Waals surface area contributed by atoms with Gasteiger partial charge < -0.3 is 25.1 Å². The molecular formula is C23H23N7O3. The van der Waals surface area contributed by atoms with Gasteiger partial charge in [0.05, 0.1) is 29.6 Å². The summed E-state index contributed by atoms with van der Waals surface area (Å²) in [5.74, 6) is 2.16. The van der Waals surface area contributed by atoms with Crippen LogP contribution in [0, 0.1) is 13.8 Å². The van der Waals surface area contributed by atoms with Gasteiger partial charge in [-0.15, -0.1) is 10.2 Å². The Kier molecular flexibility index (Phi) is 6.16. The predicted molar refractivity (Wildman–Crippen MR) is 124 cm³/mol. The number of para-hydroxylation sites is 1. The normalized spacial score (nSPS) is 10.5. The second-order valence-corrected chi connectivity index (χ2v) is 7.12. The predicted octanol–water partition coefficient (Wildman–Crippen LogP) is 4.00. The molecule has 168 valence electrons. The Morgan fingerprint density at radius 1 is 1.00 bits per heavy atom. The fourth-order valence-corrected chi connectivity index (χ4v) is 3.26. The van der Waals surface area contributed by atoms with E-state index >= 15 is 0 Å². The first-order chi connectivity index (χ1) is 16.0. The van der Waals surface area contributed by atoms with Gasteiger partial charge in [0.15, 0.2) is 5.75 Å². The fraction of sp³-hybridized carbons (Fsp3) is 0.174. The highest BCUT2D eigenvalue weighted by Crippen LogP contribution is 2.38. The van der Waals surface area contributed by atoms with Crippen LogP contribution in [0.2, 0.25) is 0 Å². The molecule has 0 saturated heterocycles. The Balaban J connectivity index is 1.73. The molecule has 0 unspecified atom stereocenters. The average Bonchev–Trinajstić information content (AvgIpc) is 3.25. The van der Waals surface area contributed by atoms with Gasteiger partial charge in [-0.25, -0.2) is 9.97 Å². The first kappa shape index (κ1) is 21.8. The van der Waals surface area contributed by atoms with E-state index in [1.165, 1.54) is 6.20 Å². The van der Waals surface area contributed by atoms with Gasteiger partial charge in [0.2, 0.25) is 5.89 Å². The zero-order valence-corrected chi connectivity index (χ0v) is 18.6. The molecule has 1 aromatic carbocycles. The highest BCUT2D eigenvalue weighted by molar-refractivity contribution is 6.00. The zero-order valence-electron chi connectivity index (χ0n) is 18.6. The van der Waals surface area contributed by atoms with Crippen LogP contribution in [0.3, 0.4) is 0 Å². The number of aromatic nitrogens is 4. The van der Waals surface area contributed by atoms with Gasteiger partial charge in [-0.1, -0.05) is 12.1 Å². The van der Waals surface area contributed by atoms with Crippen molar-refractivity contribution in [2.45, 2.75) is 13.8 Å². The lowest BCUT2D eigenvalue weighted by Gasteiger charge is -2.16. The fourth-order valence-electron chi connectivity index (χ4n) is 3.26. The van der Waals surface area contributed by atoms with E-state index in [0.29, 0.717) is 51.7 Å². The number of nitrogens with zero attached hydrogens (tertiary/aromatic N) is 4. The van der Waals surface area contributed by atoms with Crippen molar-refractivity contribution < 1.29 is 13.9 Å². The minimum absolute atomic E-state index is 0.284. The molecule has 0 radical (unpaired) electrons. The van der Waals surface area contributed by atoms with Crippen molar-refractivity contribution in [2.24, 2.45) is 0 Å². The van der Waals surface area contributed by atoms with Crippen LogP contribution < -0.4 is 20.7 Å². The van der Waals surface area contributed by atoms with E-state index in [0.717, 1.165) is 5.69 Å².